The fourth-order valence-corrected chi connectivity index (χ4v) is 1.89. The van der Waals surface area contributed by atoms with E-state index in [9.17, 15) is 9.59 Å². The van der Waals surface area contributed by atoms with Gasteiger partial charge in [-0.3, -0.25) is 4.79 Å². The lowest BCUT2D eigenvalue weighted by Gasteiger charge is -2.27. The molecule has 0 aliphatic rings. The van der Waals surface area contributed by atoms with E-state index in [2.05, 4.69) is 5.32 Å². The molecule has 5 nitrogen and oxygen atoms in total. The van der Waals surface area contributed by atoms with Crippen LogP contribution in [-0.4, -0.2) is 29.6 Å². The number of hydrogen-bond donors (Lipinski definition) is 2. The van der Waals surface area contributed by atoms with Gasteiger partial charge in [0.1, 0.15) is 11.8 Å². The molecule has 0 saturated heterocycles. The van der Waals surface area contributed by atoms with Crippen molar-refractivity contribution >= 4 is 23.5 Å². The molecule has 0 heterocycles. The number of halogens is 1. The summed E-state index contributed by atoms with van der Waals surface area (Å²) in [5.74, 6) is -1.19. The largest absolute Gasteiger partial charge is 0.482 e. The van der Waals surface area contributed by atoms with Gasteiger partial charge in [-0.2, -0.15) is 0 Å². The van der Waals surface area contributed by atoms with Crippen molar-refractivity contribution in [2.45, 2.75) is 33.7 Å². The van der Waals surface area contributed by atoms with Crippen molar-refractivity contribution in [3.05, 3.63) is 28.8 Å². The van der Waals surface area contributed by atoms with Gasteiger partial charge in [-0.05, 0) is 30.0 Å². The lowest BCUT2D eigenvalue weighted by Crippen LogP contribution is -2.50. The molecule has 0 unspecified atom stereocenters. The van der Waals surface area contributed by atoms with Crippen molar-refractivity contribution in [1.82, 2.24) is 5.32 Å². The molecular weight excluding hydrogens is 294 g/mol. The summed E-state index contributed by atoms with van der Waals surface area (Å²) < 4.78 is 5.34. The smallest absolute Gasteiger partial charge is 0.326 e. The molecule has 1 atom stereocenters. The summed E-state index contributed by atoms with van der Waals surface area (Å²) in [5, 5.41) is 12.0. The SMILES string of the molecule is Cc1ccc(Cl)c(OCC(=O)N[C@@H](C(=O)O)C(C)(C)C)c1. The zero-order valence-electron chi connectivity index (χ0n) is 12.6. The van der Waals surface area contributed by atoms with E-state index in [-0.39, 0.29) is 6.61 Å². The van der Waals surface area contributed by atoms with E-state index in [1.54, 1.807) is 32.9 Å². The number of rotatable bonds is 5. The third kappa shape index (κ3) is 5.27. The molecule has 0 saturated carbocycles. The third-order valence-electron chi connectivity index (χ3n) is 2.86. The van der Waals surface area contributed by atoms with E-state index in [0.717, 1.165) is 5.56 Å². The van der Waals surface area contributed by atoms with Crippen LogP contribution in [0.3, 0.4) is 0 Å². The monoisotopic (exact) mass is 313 g/mol. The normalized spacial score (nSPS) is 12.6. The highest BCUT2D eigenvalue weighted by atomic mass is 35.5. The van der Waals surface area contributed by atoms with Gasteiger partial charge in [0.25, 0.3) is 5.91 Å². The number of benzene rings is 1. The highest BCUT2D eigenvalue weighted by Gasteiger charge is 2.32. The minimum absolute atomic E-state index is 0.289. The van der Waals surface area contributed by atoms with Crippen LogP contribution in [0.2, 0.25) is 5.02 Å². The first kappa shape index (κ1) is 17.3. The number of aliphatic carboxylic acids is 1. The van der Waals surface area contributed by atoms with E-state index >= 15 is 0 Å². The molecule has 1 amide bonds. The standard InChI is InChI=1S/C15H20ClNO4/c1-9-5-6-10(16)11(7-9)21-8-12(18)17-13(14(19)20)15(2,3)4/h5-7,13H,8H2,1-4H3,(H,17,18)(H,19,20)/t13-/m0/s1. The lowest BCUT2D eigenvalue weighted by molar-refractivity contribution is -0.145. The van der Waals surface area contributed by atoms with Crippen molar-refractivity contribution in [2.75, 3.05) is 6.61 Å². The summed E-state index contributed by atoms with van der Waals surface area (Å²) in [5.41, 5.74) is 0.357. The number of nitrogens with one attached hydrogen (secondary N) is 1. The van der Waals surface area contributed by atoms with Crippen LogP contribution in [0.1, 0.15) is 26.3 Å². The Morgan fingerprint density at radius 2 is 2.00 bits per heavy atom. The number of carbonyl (C=O) groups is 2. The minimum atomic E-state index is -1.08. The molecule has 1 rings (SSSR count). The van der Waals surface area contributed by atoms with E-state index in [4.69, 9.17) is 21.4 Å². The van der Waals surface area contributed by atoms with Gasteiger partial charge in [0, 0.05) is 0 Å². The summed E-state index contributed by atoms with van der Waals surface area (Å²) in [6.07, 6.45) is 0. The molecule has 0 aromatic heterocycles. The van der Waals surface area contributed by atoms with E-state index < -0.39 is 23.3 Å². The molecule has 21 heavy (non-hydrogen) atoms. The van der Waals surface area contributed by atoms with Gasteiger partial charge in [0.05, 0.1) is 5.02 Å². The second kappa shape index (κ2) is 6.80. The average Bonchev–Trinajstić information content (AvgIpc) is 2.35. The maximum Gasteiger partial charge on any atom is 0.326 e. The van der Waals surface area contributed by atoms with E-state index in [0.29, 0.717) is 10.8 Å². The van der Waals surface area contributed by atoms with Crippen LogP contribution in [0.25, 0.3) is 0 Å². The van der Waals surface area contributed by atoms with Crippen molar-refractivity contribution < 1.29 is 19.4 Å². The molecule has 0 aliphatic carbocycles. The minimum Gasteiger partial charge on any atom is -0.482 e. The Kier molecular flexibility index (Phi) is 5.61. The van der Waals surface area contributed by atoms with Crippen LogP contribution in [0.4, 0.5) is 0 Å². The fraction of sp³-hybridized carbons (Fsp3) is 0.467. The number of amides is 1. The van der Waals surface area contributed by atoms with E-state index in [1.165, 1.54) is 0 Å². The highest BCUT2D eigenvalue weighted by Crippen LogP contribution is 2.25. The Balaban J connectivity index is 2.65. The molecule has 0 aliphatic heterocycles. The van der Waals surface area contributed by atoms with Crippen LogP contribution >= 0.6 is 11.6 Å². The quantitative estimate of drug-likeness (QED) is 0.876. The van der Waals surface area contributed by atoms with Crippen molar-refractivity contribution in [3.8, 4) is 5.75 Å². The molecule has 1 aromatic carbocycles. The maximum absolute atomic E-state index is 11.8. The van der Waals surface area contributed by atoms with Gasteiger partial charge < -0.3 is 15.2 Å². The Hall–Kier alpha value is -1.75. The molecule has 0 fully saturated rings. The van der Waals surface area contributed by atoms with Crippen LogP contribution < -0.4 is 10.1 Å². The molecule has 2 N–H and O–H groups in total. The van der Waals surface area contributed by atoms with Gasteiger partial charge in [0.2, 0.25) is 0 Å². The first-order valence-corrected chi connectivity index (χ1v) is 6.90. The molecule has 0 bridgehead atoms. The van der Waals surface area contributed by atoms with Crippen LogP contribution in [0, 0.1) is 12.3 Å². The number of ether oxygens (including phenoxy) is 1. The van der Waals surface area contributed by atoms with Crippen LogP contribution in [0.5, 0.6) is 5.75 Å². The van der Waals surface area contributed by atoms with Gasteiger partial charge in [-0.1, -0.05) is 38.4 Å². The first-order chi connectivity index (χ1) is 9.61. The first-order valence-electron chi connectivity index (χ1n) is 6.52. The summed E-state index contributed by atoms with van der Waals surface area (Å²) in [7, 11) is 0. The summed E-state index contributed by atoms with van der Waals surface area (Å²) in [4.78, 5) is 23.0. The fourth-order valence-electron chi connectivity index (χ4n) is 1.72. The predicted molar refractivity (Wildman–Crippen MR) is 80.7 cm³/mol. The number of carboxylic acids is 1. The third-order valence-corrected chi connectivity index (χ3v) is 3.18. The number of aryl methyl sites for hydroxylation is 1. The Labute approximate surface area is 129 Å². The summed E-state index contributed by atoms with van der Waals surface area (Å²) in [6.45, 7) is 6.81. The molecular formula is C15H20ClNO4. The zero-order valence-corrected chi connectivity index (χ0v) is 13.3. The van der Waals surface area contributed by atoms with Gasteiger partial charge in [-0.15, -0.1) is 0 Å². The summed E-state index contributed by atoms with van der Waals surface area (Å²) >= 11 is 5.96. The Bertz CT molecular complexity index is 537. The molecule has 0 radical (unpaired) electrons. The lowest BCUT2D eigenvalue weighted by atomic mass is 9.87. The Morgan fingerprint density at radius 3 is 2.52 bits per heavy atom. The van der Waals surface area contributed by atoms with Crippen LogP contribution in [-0.2, 0) is 9.59 Å². The van der Waals surface area contributed by atoms with E-state index in [1.807, 2.05) is 13.0 Å². The molecule has 0 spiro atoms. The van der Waals surface area contributed by atoms with Crippen molar-refractivity contribution in [1.29, 1.82) is 0 Å². The topological polar surface area (TPSA) is 75.6 Å². The summed E-state index contributed by atoms with van der Waals surface area (Å²) in [6, 6.07) is 4.24. The van der Waals surface area contributed by atoms with Crippen molar-refractivity contribution in [2.24, 2.45) is 5.41 Å². The molecule has 1 aromatic rings. The van der Waals surface area contributed by atoms with Gasteiger partial charge in [0.15, 0.2) is 6.61 Å². The molecule has 116 valence electrons. The number of hydrogen-bond acceptors (Lipinski definition) is 3. The van der Waals surface area contributed by atoms with Gasteiger partial charge in [-0.25, -0.2) is 4.79 Å². The second-order valence-electron chi connectivity index (χ2n) is 5.93. The number of carboxylic acid groups (broad SMARTS) is 1. The second-order valence-corrected chi connectivity index (χ2v) is 6.33. The van der Waals surface area contributed by atoms with Gasteiger partial charge >= 0.3 is 5.97 Å². The average molecular weight is 314 g/mol. The van der Waals surface area contributed by atoms with Crippen molar-refractivity contribution in [3.63, 3.8) is 0 Å². The molecule has 6 heteroatoms. The van der Waals surface area contributed by atoms with Crippen LogP contribution in [0.15, 0.2) is 18.2 Å². The Morgan fingerprint density at radius 1 is 1.38 bits per heavy atom. The maximum atomic E-state index is 11.8. The predicted octanol–water partition coefficient (Wildman–Crippen LogP) is 2.64. The number of carbonyl (C=O) groups excluding carboxylic acids is 1. The highest BCUT2D eigenvalue weighted by molar-refractivity contribution is 6.32. The zero-order chi connectivity index (χ0) is 16.2.